The summed E-state index contributed by atoms with van der Waals surface area (Å²) in [6.07, 6.45) is 4.38. The SMILES string of the molecule is CN(C)S(=O)(=O)c1ccc(C(=O)N2Cc3cc4c(cc3C3(CCCC3)C2)OCCO4)cc1. The zero-order chi connectivity index (χ0) is 22.5. The van der Waals surface area contributed by atoms with Crippen LogP contribution in [0.4, 0.5) is 0 Å². The maximum atomic E-state index is 13.4. The van der Waals surface area contributed by atoms with Crippen molar-refractivity contribution in [1.82, 2.24) is 9.21 Å². The van der Waals surface area contributed by atoms with Crippen LogP contribution < -0.4 is 9.47 Å². The first kappa shape index (κ1) is 21.3. The van der Waals surface area contributed by atoms with Crippen LogP contribution in [-0.4, -0.2) is 57.4 Å². The van der Waals surface area contributed by atoms with Crippen LogP contribution in [0.15, 0.2) is 41.3 Å². The number of amides is 1. The number of carbonyl (C=O) groups is 1. The summed E-state index contributed by atoms with van der Waals surface area (Å²) >= 11 is 0. The topological polar surface area (TPSA) is 76.2 Å². The molecule has 1 amide bonds. The van der Waals surface area contributed by atoms with E-state index in [1.807, 2.05) is 11.0 Å². The second-order valence-corrected chi connectivity index (χ2v) is 11.3. The van der Waals surface area contributed by atoms with Crippen molar-refractivity contribution < 1.29 is 22.7 Å². The Labute approximate surface area is 189 Å². The van der Waals surface area contributed by atoms with Crippen LogP contribution in [0.1, 0.15) is 47.2 Å². The first-order valence-corrected chi connectivity index (χ1v) is 12.5. The summed E-state index contributed by atoms with van der Waals surface area (Å²) in [6, 6.07) is 10.4. The Morgan fingerprint density at radius 1 is 1.00 bits per heavy atom. The number of nitrogens with zero attached hydrogens (tertiary/aromatic N) is 2. The Morgan fingerprint density at radius 3 is 2.25 bits per heavy atom. The third kappa shape index (κ3) is 3.46. The fourth-order valence-corrected chi connectivity index (χ4v) is 6.15. The van der Waals surface area contributed by atoms with Crippen molar-refractivity contribution in [3.63, 3.8) is 0 Å². The first-order valence-electron chi connectivity index (χ1n) is 11.1. The van der Waals surface area contributed by atoms with Gasteiger partial charge in [0.2, 0.25) is 10.0 Å². The molecule has 0 radical (unpaired) electrons. The molecule has 8 heteroatoms. The van der Waals surface area contributed by atoms with E-state index >= 15 is 0 Å². The van der Waals surface area contributed by atoms with Crippen LogP contribution in [0.3, 0.4) is 0 Å². The molecule has 2 heterocycles. The van der Waals surface area contributed by atoms with Crippen LogP contribution in [0.2, 0.25) is 0 Å². The zero-order valence-corrected chi connectivity index (χ0v) is 19.3. The smallest absolute Gasteiger partial charge is 0.254 e. The molecule has 7 nitrogen and oxygen atoms in total. The van der Waals surface area contributed by atoms with Crippen LogP contribution in [0, 0.1) is 0 Å². The standard InChI is InChI=1S/C24H28N2O5S/c1-25(2)32(28,29)19-7-5-17(6-8-19)23(27)26-15-18-13-21-22(31-12-11-30-21)14-20(18)24(16-26)9-3-4-10-24/h5-8,13-14H,3-4,9-12,15-16H2,1-2H3. The van der Waals surface area contributed by atoms with Gasteiger partial charge in [-0.25, -0.2) is 12.7 Å². The van der Waals surface area contributed by atoms with E-state index in [2.05, 4.69) is 6.07 Å². The summed E-state index contributed by atoms with van der Waals surface area (Å²) in [7, 11) is -0.540. The molecular weight excluding hydrogens is 428 g/mol. The van der Waals surface area contributed by atoms with E-state index in [1.165, 1.54) is 36.1 Å². The molecule has 2 aromatic carbocycles. The molecule has 1 fully saturated rings. The number of sulfonamides is 1. The maximum absolute atomic E-state index is 13.4. The molecule has 1 spiro atoms. The molecule has 2 aliphatic heterocycles. The lowest BCUT2D eigenvalue weighted by atomic mass is 9.73. The van der Waals surface area contributed by atoms with Crippen LogP contribution >= 0.6 is 0 Å². The van der Waals surface area contributed by atoms with E-state index < -0.39 is 10.0 Å². The highest BCUT2D eigenvalue weighted by Gasteiger charge is 2.44. The number of rotatable bonds is 3. The summed E-state index contributed by atoms with van der Waals surface area (Å²) in [6.45, 7) is 2.26. The van der Waals surface area contributed by atoms with Crippen molar-refractivity contribution in [3.8, 4) is 11.5 Å². The lowest BCUT2D eigenvalue weighted by Gasteiger charge is -2.43. The van der Waals surface area contributed by atoms with Crippen molar-refractivity contribution in [2.24, 2.45) is 0 Å². The molecule has 0 bridgehead atoms. The molecule has 0 N–H and O–H groups in total. The summed E-state index contributed by atoms with van der Waals surface area (Å²) in [4.78, 5) is 15.5. The van der Waals surface area contributed by atoms with Gasteiger partial charge in [0.25, 0.3) is 5.91 Å². The van der Waals surface area contributed by atoms with Gasteiger partial charge in [0.15, 0.2) is 11.5 Å². The summed E-state index contributed by atoms with van der Waals surface area (Å²) < 4.78 is 37.5. The second kappa shape index (κ2) is 7.78. The van der Waals surface area contributed by atoms with Crippen molar-refractivity contribution >= 4 is 15.9 Å². The molecule has 1 aliphatic carbocycles. The lowest BCUT2D eigenvalue weighted by Crippen LogP contribution is -2.46. The second-order valence-electron chi connectivity index (χ2n) is 9.11. The molecule has 2 aromatic rings. The third-order valence-electron chi connectivity index (χ3n) is 6.92. The predicted molar refractivity (Wildman–Crippen MR) is 120 cm³/mol. The number of ether oxygens (including phenoxy) is 2. The van der Waals surface area contributed by atoms with Gasteiger partial charge in [-0.05, 0) is 60.4 Å². The van der Waals surface area contributed by atoms with Crippen LogP contribution in [-0.2, 0) is 22.0 Å². The molecule has 0 unspecified atom stereocenters. The average Bonchev–Trinajstić information content (AvgIpc) is 3.26. The molecule has 0 saturated heterocycles. The van der Waals surface area contributed by atoms with Crippen molar-refractivity contribution in [1.29, 1.82) is 0 Å². The fraction of sp³-hybridized carbons (Fsp3) is 0.458. The minimum absolute atomic E-state index is 0.0622. The van der Waals surface area contributed by atoms with Gasteiger partial charge in [-0.15, -0.1) is 0 Å². The van der Waals surface area contributed by atoms with Crippen molar-refractivity contribution in [3.05, 3.63) is 53.1 Å². The molecule has 3 aliphatic rings. The first-order chi connectivity index (χ1) is 15.3. The highest BCUT2D eigenvalue weighted by atomic mass is 32.2. The average molecular weight is 457 g/mol. The fourth-order valence-electron chi connectivity index (χ4n) is 5.25. The van der Waals surface area contributed by atoms with Gasteiger partial charge in [-0.3, -0.25) is 4.79 Å². The number of fused-ring (bicyclic) bond motifs is 3. The Balaban J connectivity index is 1.47. The highest BCUT2D eigenvalue weighted by molar-refractivity contribution is 7.89. The zero-order valence-electron chi connectivity index (χ0n) is 18.5. The number of benzene rings is 2. The summed E-state index contributed by atoms with van der Waals surface area (Å²) in [5, 5.41) is 0. The van der Waals surface area contributed by atoms with Gasteiger partial charge < -0.3 is 14.4 Å². The van der Waals surface area contributed by atoms with E-state index in [9.17, 15) is 13.2 Å². The molecule has 32 heavy (non-hydrogen) atoms. The lowest BCUT2D eigenvalue weighted by molar-refractivity contribution is 0.0669. The molecular formula is C24H28N2O5S. The van der Waals surface area contributed by atoms with Gasteiger partial charge in [0, 0.05) is 38.2 Å². The summed E-state index contributed by atoms with van der Waals surface area (Å²) in [5.74, 6) is 1.47. The Morgan fingerprint density at radius 2 is 1.62 bits per heavy atom. The van der Waals surface area contributed by atoms with Crippen molar-refractivity contribution in [2.45, 2.75) is 42.5 Å². The van der Waals surface area contributed by atoms with Crippen molar-refractivity contribution in [2.75, 3.05) is 33.9 Å². The van der Waals surface area contributed by atoms with E-state index in [-0.39, 0.29) is 16.2 Å². The molecule has 1 saturated carbocycles. The quantitative estimate of drug-likeness (QED) is 0.709. The molecule has 0 aromatic heterocycles. The van der Waals surface area contributed by atoms with Gasteiger partial charge >= 0.3 is 0 Å². The van der Waals surface area contributed by atoms with E-state index in [4.69, 9.17) is 9.47 Å². The Kier molecular flexibility index (Phi) is 5.17. The highest BCUT2D eigenvalue weighted by Crippen LogP contribution is 2.49. The molecule has 5 rings (SSSR count). The third-order valence-corrected chi connectivity index (χ3v) is 8.75. The van der Waals surface area contributed by atoms with E-state index in [0.717, 1.165) is 42.7 Å². The Bertz CT molecular complexity index is 1150. The minimum atomic E-state index is -3.53. The number of carbonyl (C=O) groups excluding carboxylic acids is 1. The predicted octanol–water partition coefficient (Wildman–Crippen LogP) is 3.18. The number of hydrogen-bond donors (Lipinski definition) is 0. The minimum Gasteiger partial charge on any atom is -0.486 e. The molecule has 170 valence electrons. The summed E-state index contributed by atoms with van der Waals surface area (Å²) in [5.41, 5.74) is 2.84. The van der Waals surface area contributed by atoms with Gasteiger partial charge in [-0.1, -0.05) is 12.8 Å². The molecule has 0 atom stereocenters. The Hall–Kier alpha value is -2.58. The van der Waals surface area contributed by atoms with Crippen LogP contribution in [0.25, 0.3) is 0 Å². The van der Waals surface area contributed by atoms with Gasteiger partial charge in [0.1, 0.15) is 13.2 Å². The monoisotopic (exact) mass is 456 g/mol. The van der Waals surface area contributed by atoms with Gasteiger partial charge in [0.05, 0.1) is 4.90 Å². The van der Waals surface area contributed by atoms with Gasteiger partial charge in [-0.2, -0.15) is 0 Å². The van der Waals surface area contributed by atoms with E-state index in [0.29, 0.717) is 31.9 Å². The van der Waals surface area contributed by atoms with E-state index in [1.54, 1.807) is 12.1 Å². The normalized spacial score (nSPS) is 19.3. The number of hydrogen-bond acceptors (Lipinski definition) is 5. The largest absolute Gasteiger partial charge is 0.486 e. The van der Waals surface area contributed by atoms with Crippen LogP contribution in [0.5, 0.6) is 11.5 Å². The maximum Gasteiger partial charge on any atom is 0.254 e.